The van der Waals surface area contributed by atoms with Gasteiger partial charge < -0.3 is 19.3 Å². The summed E-state index contributed by atoms with van der Waals surface area (Å²) in [6.07, 6.45) is -0.119. The number of aliphatic carboxylic acids is 1. The Hall–Kier alpha value is -1.10. The standard InChI is InChI=1S/C10H20N2O3/c1-8(13)11(2)9(6-10(14)15)7-12(3,4)5/h9H,6-7H2,1-5H3/t9-/m1/s1. The van der Waals surface area contributed by atoms with Crippen LogP contribution in [0.25, 0.3) is 0 Å². The summed E-state index contributed by atoms with van der Waals surface area (Å²) >= 11 is 0. The minimum atomic E-state index is -1.12. The summed E-state index contributed by atoms with van der Waals surface area (Å²) in [5.74, 6) is -1.25. The molecule has 0 aromatic heterocycles. The van der Waals surface area contributed by atoms with Crippen LogP contribution >= 0.6 is 0 Å². The largest absolute Gasteiger partial charge is 0.550 e. The fourth-order valence-corrected chi connectivity index (χ4v) is 1.41. The molecule has 1 amide bonds. The molecule has 0 aromatic rings. The molecule has 5 nitrogen and oxygen atoms in total. The molecule has 0 saturated carbocycles. The lowest BCUT2D eigenvalue weighted by molar-refractivity contribution is -0.872. The van der Waals surface area contributed by atoms with Crippen molar-refractivity contribution in [2.24, 2.45) is 0 Å². The Morgan fingerprint density at radius 3 is 2.07 bits per heavy atom. The van der Waals surface area contributed by atoms with Crippen molar-refractivity contribution < 1.29 is 19.2 Å². The molecule has 0 N–H and O–H groups in total. The van der Waals surface area contributed by atoms with Crippen LogP contribution in [0.1, 0.15) is 13.3 Å². The molecule has 15 heavy (non-hydrogen) atoms. The Labute approximate surface area is 90.9 Å². The Morgan fingerprint density at radius 1 is 1.33 bits per heavy atom. The van der Waals surface area contributed by atoms with E-state index in [0.717, 1.165) is 0 Å². The molecule has 0 radical (unpaired) electrons. The summed E-state index contributed by atoms with van der Waals surface area (Å²) in [7, 11) is 7.48. The average molecular weight is 216 g/mol. The predicted molar refractivity (Wildman–Crippen MR) is 54.8 cm³/mol. The monoisotopic (exact) mass is 216 g/mol. The first-order chi connectivity index (χ1) is 6.63. The maximum Gasteiger partial charge on any atom is 0.219 e. The summed E-state index contributed by atoms with van der Waals surface area (Å²) in [5.41, 5.74) is 0. The first-order valence-electron chi connectivity index (χ1n) is 4.87. The van der Waals surface area contributed by atoms with E-state index in [1.807, 2.05) is 21.1 Å². The van der Waals surface area contributed by atoms with Crippen molar-refractivity contribution in [1.82, 2.24) is 4.90 Å². The van der Waals surface area contributed by atoms with Crippen molar-refractivity contribution >= 4 is 11.9 Å². The molecule has 0 aliphatic carbocycles. The normalized spacial score (nSPS) is 13.4. The molecule has 88 valence electrons. The minimum Gasteiger partial charge on any atom is -0.550 e. The van der Waals surface area contributed by atoms with E-state index in [1.54, 1.807) is 7.05 Å². The van der Waals surface area contributed by atoms with E-state index >= 15 is 0 Å². The Morgan fingerprint density at radius 2 is 1.80 bits per heavy atom. The van der Waals surface area contributed by atoms with Crippen LogP contribution in [0.3, 0.4) is 0 Å². The maximum absolute atomic E-state index is 11.2. The number of carboxylic acids is 1. The fraction of sp³-hybridized carbons (Fsp3) is 0.800. The van der Waals surface area contributed by atoms with E-state index in [9.17, 15) is 14.7 Å². The number of quaternary nitrogens is 1. The van der Waals surface area contributed by atoms with Crippen molar-refractivity contribution in [3.05, 3.63) is 0 Å². The van der Waals surface area contributed by atoms with E-state index in [-0.39, 0.29) is 18.4 Å². The molecular formula is C10H20N2O3. The molecule has 0 aliphatic heterocycles. The van der Waals surface area contributed by atoms with Crippen molar-refractivity contribution in [2.75, 3.05) is 34.7 Å². The molecule has 0 unspecified atom stereocenters. The van der Waals surface area contributed by atoms with Gasteiger partial charge in [0.2, 0.25) is 5.91 Å². The highest BCUT2D eigenvalue weighted by Crippen LogP contribution is 2.06. The second-order valence-electron chi connectivity index (χ2n) is 4.83. The van der Waals surface area contributed by atoms with Crippen LogP contribution < -0.4 is 5.11 Å². The van der Waals surface area contributed by atoms with Gasteiger partial charge in [-0.15, -0.1) is 0 Å². The molecular weight excluding hydrogens is 196 g/mol. The molecule has 0 spiro atoms. The molecule has 0 heterocycles. The molecule has 0 aliphatic rings. The summed E-state index contributed by atoms with van der Waals surface area (Å²) in [4.78, 5) is 23.2. The Bertz CT molecular complexity index is 246. The lowest BCUT2D eigenvalue weighted by Crippen LogP contribution is -2.51. The van der Waals surface area contributed by atoms with E-state index in [2.05, 4.69) is 0 Å². The number of nitrogens with zero attached hydrogens (tertiary/aromatic N) is 2. The lowest BCUT2D eigenvalue weighted by atomic mass is 10.1. The third-order valence-corrected chi connectivity index (χ3v) is 2.21. The molecule has 0 aromatic carbocycles. The summed E-state index contributed by atoms with van der Waals surface area (Å²) in [5, 5.41) is 10.6. The van der Waals surface area contributed by atoms with Gasteiger partial charge in [0, 0.05) is 26.4 Å². The number of hydrogen-bond donors (Lipinski definition) is 0. The highest BCUT2D eigenvalue weighted by Gasteiger charge is 2.23. The quantitative estimate of drug-likeness (QED) is 0.536. The van der Waals surface area contributed by atoms with Gasteiger partial charge in [0.1, 0.15) is 0 Å². The van der Waals surface area contributed by atoms with Crippen LogP contribution in [-0.4, -0.2) is 62.0 Å². The molecule has 1 atom stereocenters. The zero-order valence-corrected chi connectivity index (χ0v) is 10.1. The molecule has 0 bridgehead atoms. The van der Waals surface area contributed by atoms with Crippen molar-refractivity contribution in [3.63, 3.8) is 0 Å². The predicted octanol–water partition coefficient (Wildman–Crippen LogP) is -1.32. The van der Waals surface area contributed by atoms with Gasteiger partial charge in [0.15, 0.2) is 0 Å². The minimum absolute atomic E-state index is 0.119. The third kappa shape index (κ3) is 6.06. The number of carboxylic acid groups (broad SMARTS) is 1. The van der Waals surface area contributed by atoms with Crippen LogP contribution in [0.4, 0.5) is 0 Å². The van der Waals surface area contributed by atoms with Crippen LogP contribution in [0.5, 0.6) is 0 Å². The van der Waals surface area contributed by atoms with Crippen LogP contribution in [0, 0.1) is 0 Å². The first-order valence-corrected chi connectivity index (χ1v) is 4.87. The first kappa shape index (κ1) is 13.9. The van der Waals surface area contributed by atoms with E-state index < -0.39 is 5.97 Å². The highest BCUT2D eigenvalue weighted by molar-refractivity contribution is 5.74. The zero-order valence-electron chi connectivity index (χ0n) is 10.1. The zero-order chi connectivity index (χ0) is 12.2. The maximum atomic E-state index is 11.2. The Kier molecular flexibility index (Phi) is 4.74. The van der Waals surface area contributed by atoms with Gasteiger partial charge in [-0.3, -0.25) is 4.79 Å². The van der Waals surface area contributed by atoms with E-state index in [4.69, 9.17) is 0 Å². The average Bonchev–Trinajstić information content (AvgIpc) is 1.97. The van der Waals surface area contributed by atoms with Crippen LogP contribution in [0.2, 0.25) is 0 Å². The molecule has 0 fully saturated rings. The summed E-state index contributed by atoms with van der Waals surface area (Å²) in [6, 6.07) is -0.313. The lowest BCUT2D eigenvalue weighted by Gasteiger charge is -2.34. The summed E-state index contributed by atoms with van der Waals surface area (Å²) < 4.78 is 0.607. The van der Waals surface area contributed by atoms with E-state index in [1.165, 1.54) is 11.8 Å². The molecule has 0 saturated heterocycles. The van der Waals surface area contributed by atoms with Gasteiger partial charge in [0.05, 0.1) is 33.7 Å². The van der Waals surface area contributed by atoms with Crippen molar-refractivity contribution in [2.45, 2.75) is 19.4 Å². The smallest absolute Gasteiger partial charge is 0.219 e. The highest BCUT2D eigenvalue weighted by atomic mass is 16.4. The fourth-order valence-electron chi connectivity index (χ4n) is 1.41. The Balaban J connectivity index is 4.58. The number of rotatable bonds is 5. The van der Waals surface area contributed by atoms with Crippen LogP contribution in [0.15, 0.2) is 0 Å². The number of amides is 1. The van der Waals surface area contributed by atoms with Gasteiger partial charge in [-0.25, -0.2) is 0 Å². The van der Waals surface area contributed by atoms with Crippen molar-refractivity contribution in [1.29, 1.82) is 0 Å². The third-order valence-electron chi connectivity index (χ3n) is 2.21. The number of carbonyl (C=O) groups is 2. The van der Waals surface area contributed by atoms with E-state index in [0.29, 0.717) is 11.0 Å². The second kappa shape index (κ2) is 5.11. The SMILES string of the molecule is CC(=O)N(C)[C@H](CC(=O)[O-])C[N+](C)(C)C. The molecule has 0 rings (SSSR count). The molecule has 5 heteroatoms. The van der Waals surface area contributed by atoms with Gasteiger partial charge in [-0.2, -0.15) is 0 Å². The number of hydrogen-bond acceptors (Lipinski definition) is 3. The second-order valence-corrected chi connectivity index (χ2v) is 4.83. The van der Waals surface area contributed by atoms with Gasteiger partial charge in [-0.1, -0.05) is 0 Å². The summed E-state index contributed by atoms with van der Waals surface area (Å²) in [6.45, 7) is 2.02. The van der Waals surface area contributed by atoms with Crippen LogP contribution in [-0.2, 0) is 9.59 Å². The topological polar surface area (TPSA) is 60.4 Å². The number of carbonyl (C=O) groups excluding carboxylic acids is 2. The van der Waals surface area contributed by atoms with Gasteiger partial charge in [-0.05, 0) is 0 Å². The van der Waals surface area contributed by atoms with Gasteiger partial charge >= 0.3 is 0 Å². The van der Waals surface area contributed by atoms with Crippen molar-refractivity contribution in [3.8, 4) is 0 Å². The van der Waals surface area contributed by atoms with Gasteiger partial charge in [0.25, 0.3) is 0 Å². The number of likely N-dealkylation sites (N-methyl/N-ethyl adjacent to an activating group) is 2.